The molecule has 0 radical (unpaired) electrons. The van der Waals surface area contributed by atoms with Crippen molar-refractivity contribution in [2.24, 2.45) is 5.10 Å². The lowest BCUT2D eigenvalue weighted by molar-refractivity contribution is -0.384. The minimum Gasteiger partial charge on any atom is -0.272 e. The van der Waals surface area contributed by atoms with E-state index in [0.29, 0.717) is 0 Å². The van der Waals surface area contributed by atoms with Crippen molar-refractivity contribution in [2.75, 3.05) is 6.54 Å². The highest BCUT2D eigenvalue weighted by Crippen LogP contribution is 2.15. The summed E-state index contributed by atoms with van der Waals surface area (Å²) in [7, 11) is -3.92. The average Bonchev–Trinajstić information content (AvgIpc) is 2.59. The van der Waals surface area contributed by atoms with Crippen molar-refractivity contribution in [3.05, 3.63) is 34.4 Å². The summed E-state index contributed by atoms with van der Waals surface area (Å²) in [4.78, 5) is 21.5. The van der Waals surface area contributed by atoms with Crippen LogP contribution in [0.5, 0.6) is 0 Å². The molecule has 0 heterocycles. The molecule has 1 aromatic rings. The number of benzene rings is 1. The zero-order valence-electron chi connectivity index (χ0n) is 12.9. The molecule has 1 aliphatic rings. The summed E-state index contributed by atoms with van der Waals surface area (Å²) in [5, 5.41) is 14.5. The molecule has 1 fully saturated rings. The van der Waals surface area contributed by atoms with Gasteiger partial charge in [-0.3, -0.25) is 14.9 Å². The number of nitrogens with zero attached hydrogens (tertiary/aromatic N) is 2. The number of sulfonamides is 1. The molecule has 0 aliphatic heterocycles. The molecule has 9 nitrogen and oxygen atoms in total. The van der Waals surface area contributed by atoms with E-state index in [0.717, 1.165) is 62.1 Å². The van der Waals surface area contributed by atoms with E-state index >= 15 is 0 Å². The van der Waals surface area contributed by atoms with Gasteiger partial charge in [0.1, 0.15) is 0 Å². The normalized spacial score (nSPS) is 14.9. The van der Waals surface area contributed by atoms with E-state index in [1.165, 1.54) is 0 Å². The fourth-order valence-corrected chi connectivity index (χ4v) is 3.23. The fraction of sp³-hybridized carbons (Fsp3) is 0.429. The summed E-state index contributed by atoms with van der Waals surface area (Å²) in [6, 6.07) is 4.40. The highest BCUT2D eigenvalue weighted by atomic mass is 32.2. The van der Waals surface area contributed by atoms with E-state index in [2.05, 4.69) is 15.2 Å². The van der Waals surface area contributed by atoms with Gasteiger partial charge in [-0.05, 0) is 37.8 Å². The maximum Gasteiger partial charge on any atom is 0.269 e. The number of nitro groups is 1. The van der Waals surface area contributed by atoms with Crippen LogP contribution in [0.25, 0.3) is 0 Å². The van der Waals surface area contributed by atoms with Crippen LogP contribution in [0.1, 0.15) is 32.1 Å². The Balaban J connectivity index is 1.89. The molecule has 130 valence electrons. The van der Waals surface area contributed by atoms with Gasteiger partial charge in [-0.1, -0.05) is 6.42 Å². The van der Waals surface area contributed by atoms with Crippen molar-refractivity contribution in [1.29, 1.82) is 0 Å². The minimum absolute atomic E-state index is 0.153. The zero-order chi connectivity index (χ0) is 17.6. The minimum atomic E-state index is -3.92. The molecule has 2 rings (SSSR count). The average molecular weight is 354 g/mol. The third-order valence-corrected chi connectivity index (χ3v) is 4.97. The van der Waals surface area contributed by atoms with E-state index in [1.807, 2.05) is 0 Å². The molecule has 0 atom stereocenters. The lowest BCUT2D eigenvalue weighted by atomic mass is 9.99. The number of hydrogen-bond acceptors (Lipinski definition) is 6. The summed E-state index contributed by atoms with van der Waals surface area (Å²) in [6.45, 7) is -0.462. The molecule has 2 N–H and O–H groups in total. The summed E-state index contributed by atoms with van der Waals surface area (Å²) in [6.07, 6.45) is 4.93. The first kappa shape index (κ1) is 18.0. The summed E-state index contributed by atoms with van der Waals surface area (Å²) < 4.78 is 26.2. The smallest absolute Gasteiger partial charge is 0.269 e. The Morgan fingerprint density at radius 3 is 2.38 bits per heavy atom. The van der Waals surface area contributed by atoms with Crippen LogP contribution < -0.4 is 10.1 Å². The second-order valence-electron chi connectivity index (χ2n) is 5.35. The second-order valence-corrected chi connectivity index (χ2v) is 7.12. The molecule has 24 heavy (non-hydrogen) atoms. The Bertz CT molecular complexity index is 735. The van der Waals surface area contributed by atoms with Gasteiger partial charge in [-0.2, -0.15) is 5.10 Å². The largest absolute Gasteiger partial charge is 0.272 e. The second kappa shape index (κ2) is 7.97. The number of nitrogens with one attached hydrogen (secondary N) is 2. The number of hydrogen-bond donors (Lipinski definition) is 2. The molecular weight excluding hydrogens is 336 g/mol. The molecule has 0 spiro atoms. The highest BCUT2D eigenvalue weighted by molar-refractivity contribution is 7.89. The molecule has 0 unspecified atom stereocenters. The van der Waals surface area contributed by atoms with Crippen molar-refractivity contribution >= 4 is 27.3 Å². The molecule has 0 saturated heterocycles. The van der Waals surface area contributed by atoms with Crippen molar-refractivity contribution in [3.63, 3.8) is 0 Å². The Morgan fingerprint density at radius 1 is 1.17 bits per heavy atom. The lowest BCUT2D eigenvalue weighted by Gasteiger charge is -2.12. The predicted molar refractivity (Wildman–Crippen MR) is 86.9 cm³/mol. The van der Waals surface area contributed by atoms with E-state index in [9.17, 15) is 23.3 Å². The number of carbonyl (C=O) groups is 1. The van der Waals surface area contributed by atoms with E-state index in [1.54, 1.807) is 0 Å². The van der Waals surface area contributed by atoms with Crippen LogP contribution in [0.2, 0.25) is 0 Å². The van der Waals surface area contributed by atoms with E-state index < -0.39 is 27.4 Å². The Hall–Kier alpha value is -2.33. The van der Waals surface area contributed by atoms with Crippen LogP contribution >= 0.6 is 0 Å². The van der Waals surface area contributed by atoms with Crippen LogP contribution in [-0.4, -0.2) is 31.5 Å². The number of amides is 1. The molecule has 0 bridgehead atoms. The molecule has 1 aromatic carbocycles. The van der Waals surface area contributed by atoms with Gasteiger partial charge in [0.05, 0.1) is 16.4 Å². The Kier molecular flexibility index (Phi) is 5.99. The van der Waals surface area contributed by atoms with Crippen LogP contribution in [0.4, 0.5) is 5.69 Å². The monoisotopic (exact) mass is 354 g/mol. The molecule has 1 saturated carbocycles. The highest BCUT2D eigenvalue weighted by Gasteiger charge is 2.17. The predicted octanol–water partition coefficient (Wildman–Crippen LogP) is 1.31. The van der Waals surface area contributed by atoms with Gasteiger partial charge in [0.2, 0.25) is 10.0 Å². The third-order valence-electron chi connectivity index (χ3n) is 3.55. The van der Waals surface area contributed by atoms with E-state index in [4.69, 9.17) is 0 Å². The number of non-ortho nitro benzene ring substituents is 1. The Labute approximate surface area is 139 Å². The number of nitro benzene ring substituents is 1. The summed E-state index contributed by atoms with van der Waals surface area (Å²) in [5.41, 5.74) is 3.03. The summed E-state index contributed by atoms with van der Waals surface area (Å²) >= 11 is 0. The number of carbonyl (C=O) groups excluding carboxylic acids is 1. The van der Waals surface area contributed by atoms with Crippen molar-refractivity contribution < 1.29 is 18.1 Å². The zero-order valence-corrected chi connectivity index (χ0v) is 13.7. The fourth-order valence-electron chi connectivity index (χ4n) is 2.24. The molecule has 1 amide bonds. The van der Waals surface area contributed by atoms with Gasteiger partial charge >= 0.3 is 0 Å². The van der Waals surface area contributed by atoms with Gasteiger partial charge in [-0.25, -0.2) is 18.6 Å². The van der Waals surface area contributed by atoms with Crippen molar-refractivity contribution in [3.8, 4) is 0 Å². The van der Waals surface area contributed by atoms with Crippen LogP contribution in [0.15, 0.2) is 34.3 Å². The molecular formula is C14H18N4O5S. The van der Waals surface area contributed by atoms with Gasteiger partial charge in [0.25, 0.3) is 11.6 Å². The topological polar surface area (TPSA) is 131 Å². The first-order chi connectivity index (χ1) is 11.4. The molecule has 10 heteroatoms. The molecule has 0 aromatic heterocycles. The van der Waals surface area contributed by atoms with Gasteiger partial charge in [-0.15, -0.1) is 0 Å². The lowest BCUT2D eigenvalue weighted by Crippen LogP contribution is -2.35. The Morgan fingerprint density at radius 2 is 1.79 bits per heavy atom. The summed E-state index contributed by atoms with van der Waals surface area (Å²) in [5.74, 6) is -0.571. The van der Waals surface area contributed by atoms with Gasteiger partial charge in [0, 0.05) is 17.8 Å². The van der Waals surface area contributed by atoms with Gasteiger partial charge in [0.15, 0.2) is 0 Å². The number of rotatable bonds is 6. The van der Waals surface area contributed by atoms with Crippen molar-refractivity contribution in [2.45, 2.75) is 37.0 Å². The van der Waals surface area contributed by atoms with Crippen LogP contribution in [0, 0.1) is 10.1 Å². The van der Waals surface area contributed by atoms with Crippen LogP contribution in [-0.2, 0) is 14.8 Å². The maximum atomic E-state index is 12.0. The standard InChI is InChI=1S/C14H18N4O5S/c19-14(17-16-11-4-2-1-3-5-11)10-15-24(22,23)13-8-6-12(7-9-13)18(20)21/h6-9,15H,1-5,10H2,(H,17,19). The third kappa shape index (κ3) is 5.10. The van der Waals surface area contributed by atoms with Crippen molar-refractivity contribution in [1.82, 2.24) is 10.1 Å². The molecule has 1 aliphatic carbocycles. The first-order valence-electron chi connectivity index (χ1n) is 7.47. The SMILES string of the molecule is O=C(CNS(=O)(=O)c1ccc([N+](=O)[O-])cc1)NN=C1CCCCC1. The number of hydrazone groups is 1. The van der Waals surface area contributed by atoms with E-state index in [-0.39, 0.29) is 10.6 Å². The van der Waals surface area contributed by atoms with Gasteiger partial charge < -0.3 is 0 Å². The van der Waals surface area contributed by atoms with Crippen LogP contribution in [0.3, 0.4) is 0 Å². The maximum absolute atomic E-state index is 12.0. The first-order valence-corrected chi connectivity index (χ1v) is 8.95. The quantitative estimate of drug-likeness (QED) is 0.587.